The van der Waals surface area contributed by atoms with Crippen LogP contribution in [-0.4, -0.2) is 12.1 Å². The fourth-order valence-electron chi connectivity index (χ4n) is 3.17. The quantitative estimate of drug-likeness (QED) is 0.793. The van der Waals surface area contributed by atoms with E-state index in [1.54, 1.807) is 0 Å². The fraction of sp³-hybridized carbons (Fsp3) is 0.526. The van der Waals surface area contributed by atoms with Gasteiger partial charge in [0.2, 0.25) is 11.5 Å². The molecule has 0 aromatic heterocycles. The summed E-state index contributed by atoms with van der Waals surface area (Å²) in [6.07, 6.45) is 2.42. The second-order valence-electron chi connectivity index (χ2n) is 6.90. The Labute approximate surface area is 137 Å². The number of esters is 1. The van der Waals surface area contributed by atoms with E-state index in [0.717, 1.165) is 11.1 Å². The minimum atomic E-state index is -0.869. The van der Waals surface area contributed by atoms with Crippen LogP contribution in [0.1, 0.15) is 45.2 Å². The van der Waals surface area contributed by atoms with Gasteiger partial charge >= 0.3 is 5.97 Å². The molecule has 3 rings (SSSR count). The van der Waals surface area contributed by atoms with Gasteiger partial charge in [-0.1, -0.05) is 38.1 Å². The average Bonchev–Trinajstić information content (AvgIpc) is 2.85. The molecule has 0 radical (unpaired) electrons. The van der Waals surface area contributed by atoms with Crippen LogP contribution in [0.5, 0.6) is 0 Å². The first-order chi connectivity index (χ1) is 10.9. The lowest BCUT2D eigenvalue weighted by atomic mass is 9.83. The van der Waals surface area contributed by atoms with Crippen LogP contribution in [0.2, 0.25) is 0 Å². The van der Waals surface area contributed by atoms with Crippen LogP contribution in [0.3, 0.4) is 0 Å². The summed E-state index contributed by atoms with van der Waals surface area (Å²) in [6, 6.07) is 8.04. The molecule has 0 N–H and O–H groups in total. The Bertz CT molecular complexity index is 632. The van der Waals surface area contributed by atoms with Crippen molar-refractivity contribution in [1.82, 2.24) is 0 Å². The fourth-order valence-corrected chi connectivity index (χ4v) is 3.17. The van der Waals surface area contributed by atoms with E-state index in [4.69, 9.17) is 14.2 Å². The van der Waals surface area contributed by atoms with Gasteiger partial charge in [-0.3, -0.25) is 0 Å². The van der Waals surface area contributed by atoms with E-state index < -0.39 is 11.8 Å². The summed E-state index contributed by atoms with van der Waals surface area (Å²) < 4.78 is 17.4. The van der Waals surface area contributed by atoms with Crippen molar-refractivity contribution in [3.8, 4) is 0 Å². The molecule has 0 bridgehead atoms. The van der Waals surface area contributed by atoms with Crippen molar-refractivity contribution in [3.63, 3.8) is 0 Å². The van der Waals surface area contributed by atoms with Gasteiger partial charge < -0.3 is 14.2 Å². The third-order valence-electron chi connectivity index (χ3n) is 4.43. The van der Waals surface area contributed by atoms with Crippen LogP contribution >= 0.6 is 0 Å². The SMILES string of the molecule is CC(C)OC(=O)C1=C[C@H](C(C)C)C[C@@]2(OCc3ccccc32)O1. The Kier molecular flexibility index (Phi) is 4.19. The number of benzene rings is 1. The van der Waals surface area contributed by atoms with Crippen LogP contribution in [-0.2, 0) is 31.4 Å². The number of hydrogen-bond acceptors (Lipinski definition) is 4. The van der Waals surface area contributed by atoms with Crippen molar-refractivity contribution in [2.75, 3.05) is 0 Å². The highest BCUT2D eigenvalue weighted by Crippen LogP contribution is 2.47. The topological polar surface area (TPSA) is 44.8 Å². The predicted molar refractivity (Wildman–Crippen MR) is 86.3 cm³/mol. The summed E-state index contributed by atoms with van der Waals surface area (Å²) in [5.74, 6) is -0.442. The highest BCUT2D eigenvalue weighted by molar-refractivity contribution is 5.86. The molecular weight excluding hydrogens is 292 g/mol. The Morgan fingerprint density at radius 2 is 2.00 bits per heavy atom. The lowest BCUT2D eigenvalue weighted by Gasteiger charge is -2.38. The molecule has 124 valence electrons. The molecule has 2 heterocycles. The van der Waals surface area contributed by atoms with E-state index in [1.807, 2.05) is 44.2 Å². The molecule has 0 aliphatic carbocycles. The summed E-state index contributed by atoms with van der Waals surface area (Å²) in [5.41, 5.74) is 2.14. The molecule has 4 nitrogen and oxygen atoms in total. The number of rotatable bonds is 3. The first-order valence-corrected chi connectivity index (χ1v) is 8.25. The van der Waals surface area contributed by atoms with E-state index in [0.29, 0.717) is 18.9 Å². The minimum Gasteiger partial charge on any atom is -0.457 e. The van der Waals surface area contributed by atoms with Crippen molar-refractivity contribution in [2.24, 2.45) is 11.8 Å². The highest BCUT2D eigenvalue weighted by Gasteiger charge is 2.48. The summed E-state index contributed by atoms with van der Waals surface area (Å²) in [4.78, 5) is 12.4. The number of carbonyl (C=O) groups excluding carboxylic acids is 1. The third-order valence-corrected chi connectivity index (χ3v) is 4.43. The Morgan fingerprint density at radius 3 is 2.70 bits per heavy atom. The molecule has 1 spiro atoms. The van der Waals surface area contributed by atoms with Gasteiger partial charge in [0.1, 0.15) is 0 Å². The van der Waals surface area contributed by atoms with Gasteiger partial charge in [0.05, 0.1) is 12.7 Å². The second kappa shape index (κ2) is 6.00. The molecule has 0 amide bonds. The molecule has 1 aromatic rings. The number of ether oxygens (including phenoxy) is 3. The number of carbonyl (C=O) groups is 1. The first-order valence-electron chi connectivity index (χ1n) is 8.25. The van der Waals surface area contributed by atoms with Crippen molar-refractivity contribution in [1.29, 1.82) is 0 Å². The zero-order chi connectivity index (χ0) is 16.6. The first kappa shape index (κ1) is 16.1. The lowest BCUT2D eigenvalue weighted by molar-refractivity contribution is -0.238. The minimum absolute atomic E-state index is 0.181. The van der Waals surface area contributed by atoms with Crippen LogP contribution < -0.4 is 0 Å². The second-order valence-corrected chi connectivity index (χ2v) is 6.90. The largest absolute Gasteiger partial charge is 0.457 e. The maximum absolute atomic E-state index is 12.4. The maximum atomic E-state index is 12.4. The van der Waals surface area contributed by atoms with E-state index in [1.165, 1.54) is 0 Å². The maximum Gasteiger partial charge on any atom is 0.373 e. The molecule has 0 saturated carbocycles. The van der Waals surface area contributed by atoms with E-state index in [-0.39, 0.29) is 17.8 Å². The van der Waals surface area contributed by atoms with Crippen LogP contribution in [0.25, 0.3) is 0 Å². The van der Waals surface area contributed by atoms with E-state index in [2.05, 4.69) is 13.8 Å². The molecule has 0 unspecified atom stereocenters. The molecule has 1 aromatic carbocycles. The summed E-state index contributed by atoms with van der Waals surface area (Å²) in [5, 5.41) is 0. The molecule has 0 fully saturated rings. The standard InChI is InChI=1S/C19H24O4/c1-12(2)15-9-17(18(20)22-13(3)4)23-19(10-15)16-8-6-5-7-14(16)11-21-19/h5-9,12-13,15H,10-11H2,1-4H3/t15-,19+/m0/s1. The van der Waals surface area contributed by atoms with Gasteiger partial charge in [-0.15, -0.1) is 0 Å². The number of fused-ring (bicyclic) bond motifs is 2. The Morgan fingerprint density at radius 1 is 1.26 bits per heavy atom. The van der Waals surface area contributed by atoms with Crippen LogP contribution in [0.4, 0.5) is 0 Å². The van der Waals surface area contributed by atoms with E-state index >= 15 is 0 Å². The Balaban J connectivity index is 1.96. The number of allylic oxidation sites excluding steroid dienone is 1. The van der Waals surface area contributed by atoms with Crippen LogP contribution in [0, 0.1) is 11.8 Å². The molecule has 23 heavy (non-hydrogen) atoms. The highest BCUT2D eigenvalue weighted by atomic mass is 16.7. The average molecular weight is 316 g/mol. The zero-order valence-electron chi connectivity index (χ0n) is 14.2. The number of hydrogen-bond donors (Lipinski definition) is 0. The van der Waals surface area contributed by atoms with Gasteiger partial charge in [-0.2, -0.15) is 0 Å². The van der Waals surface area contributed by atoms with Crippen LogP contribution in [0.15, 0.2) is 36.1 Å². The van der Waals surface area contributed by atoms with Crippen molar-refractivity contribution in [3.05, 3.63) is 47.2 Å². The van der Waals surface area contributed by atoms with Crippen molar-refractivity contribution in [2.45, 2.75) is 52.6 Å². The monoisotopic (exact) mass is 316 g/mol. The Hall–Kier alpha value is -1.81. The summed E-state index contributed by atoms with van der Waals surface area (Å²) in [7, 11) is 0. The summed E-state index contributed by atoms with van der Waals surface area (Å²) in [6.45, 7) is 8.46. The zero-order valence-corrected chi connectivity index (χ0v) is 14.2. The molecule has 2 aliphatic heterocycles. The van der Waals surface area contributed by atoms with Gasteiger partial charge in [-0.25, -0.2) is 4.79 Å². The molecular formula is C19H24O4. The summed E-state index contributed by atoms with van der Waals surface area (Å²) >= 11 is 0. The van der Waals surface area contributed by atoms with E-state index in [9.17, 15) is 4.79 Å². The molecule has 4 heteroatoms. The van der Waals surface area contributed by atoms with Crippen molar-refractivity contribution >= 4 is 5.97 Å². The molecule has 2 atom stereocenters. The van der Waals surface area contributed by atoms with Gasteiger partial charge in [0.25, 0.3) is 0 Å². The van der Waals surface area contributed by atoms with Crippen molar-refractivity contribution < 1.29 is 19.0 Å². The smallest absolute Gasteiger partial charge is 0.373 e. The lowest BCUT2D eigenvalue weighted by Crippen LogP contribution is -2.38. The normalized spacial score (nSPS) is 26.2. The third kappa shape index (κ3) is 3.00. The van der Waals surface area contributed by atoms with Gasteiger partial charge in [0, 0.05) is 12.0 Å². The molecule has 2 aliphatic rings. The van der Waals surface area contributed by atoms with Gasteiger partial charge in [-0.05, 0) is 37.3 Å². The van der Waals surface area contributed by atoms with Gasteiger partial charge in [0.15, 0.2) is 0 Å². The predicted octanol–water partition coefficient (Wildman–Crippen LogP) is 3.90. The molecule has 0 saturated heterocycles.